The van der Waals surface area contributed by atoms with Crippen molar-refractivity contribution < 1.29 is 13.5 Å². The Morgan fingerprint density at radius 2 is 1.83 bits per heavy atom. The van der Waals surface area contributed by atoms with E-state index in [1.807, 2.05) is 6.08 Å². The van der Waals surface area contributed by atoms with Crippen LogP contribution in [0, 0.1) is 13.8 Å². The molecule has 0 aliphatic rings. The molecule has 3 aromatic rings. The number of fused-ring (bicyclic) bond motifs is 1. The van der Waals surface area contributed by atoms with Crippen LogP contribution in [0.4, 0.5) is 8.78 Å². The fourth-order valence-electron chi connectivity index (χ4n) is 2.25. The van der Waals surface area contributed by atoms with Crippen LogP contribution >= 0.6 is 11.3 Å². The van der Waals surface area contributed by atoms with Crippen molar-refractivity contribution in [3.05, 3.63) is 58.1 Å². The summed E-state index contributed by atoms with van der Waals surface area (Å²) in [6, 6.07) is 10.9. The first-order valence-electron chi connectivity index (χ1n) is 7.12. The van der Waals surface area contributed by atoms with E-state index in [1.54, 1.807) is 35.6 Å². The molecule has 0 radical (unpaired) electrons. The highest BCUT2D eigenvalue weighted by Crippen LogP contribution is 2.28. The Kier molecular flexibility index (Phi) is 4.39. The number of alkyl halides is 2. The summed E-state index contributed by atoms with van der Waals surface area (Å²) in [5.41, 5.74) is 3.98. The highest BCUT2D eigenvalue weighted by molar-refractivity contribution is 7.19. The predicted molar refractivity (Wildman–Crippen MR) is 91.1 cm³/mol. The number of nitrogens with zero attached hydrogens (tertiary/aromatic N) is 1. The molecule has 3 rings (SSSR count). The van der Waals surface area contributed by atoms with Gasteiger partial charge in [-0.3, -0.25) is 0 Å². The zero-order chi connectivity index (χ0) is 16.4. The van der Waals surface area contributed by atoms with Gasteiger partial charge in [0.2, 0.25) is 0 Å². The highest BCUT2D eigenvalue weighted by atomic mass is 32.1. The maximum absolute atomic E-state index is 12.4. The lowest BCUT2D eigenvalue weighted by Gasteiger charge is -2.06. The first-order chi connectivity index (χ1) is 11.0. The van der Waals surface area contributed by atoms with Gasteiger partial charge in [0.05, 0.1) is 10.2 Å². The molecule has 23 heavy (non-hydrogen) atoms. The highest BCUT2D eigenvalue weighted by Gasteiger charge is 2.08. The predicted octanol–water partition coefficient (Wildman–Crippen LogP) is 5.68. The summed E-state index contributed by atoms with van der Waals surface area (Å²) < 4.78 is 30.5. The number of rotatable bonds is 4. The van der Waals surface area contributed by atoms with E-state index >= 15 is 0 Å². The quantitative estimate of drug-likeness (QED) is 0.613. The lowest BCUT2D eigenvalue weighted by atomic mass is 10.1. The molecule has 0 bridgehead atoms. The second-order valence-corrected chi connectivity index (χ2v) is 6.27. The van der Waals surface area contributed by atoms with E-state index < -0.39 is 6.61 Å². The van der Waals surface area contributed by atoms with Crippen molar-refractivity contribution in [1.82, 2.24) is 4.98 Å². The number of aromatic nitrogens is 1. The molecule has 0 N–H and O–H groups in total. The van der Waals surface area contributed by atoms with Crippen LogP contribution in [0.3, 0.4) is 0 Å². The van der Waals surface area contributed by atoms with Gasteiger partial charge in [0.25, 0.3) is 0 Å². The molecule has 0 saturated carbocycles. The third kappa shape index (κ3) is 3.56. The van der Waals surface area contributed by atoms with Gasteiger partial charge in [-0.05, 0) is 55.3 Å². The van der Waals surface area contributed by atoms with Gasteiger partial charge in [0.1, 0.15) is 10.8 Å². The van der Waals surface area contributed by atoms with Gasteiger partial charge in [-0.2, -0.15) is 8.78 Å². The fourth-order valence-corrected chi connectivity index (χ4v) is 3.20. The maximum Gasteiger partial charge on any atom is 0.387 e. The average molecular weight is 331 g/mol. The van der Waals surface area contributed by atoms with Crippen molar-refractivity contribution >= 4 is 33.7 Å². The number of hydrogen-bond acceptors (Lipinski definition) is 3. The number of hydrogen-bond donors (Lipinski definition) is 0. The Labute approximate surface area is 137 Å². The van der Waals surface area contributed by atoms with Gasteiger partial charge in [0.15, 0.2) is 0 Å². The van der Waals surface area contributed by atoms with E-state index in [9.17, 15) is 8.78 Å². The van der Waals surface area contributed by atoms with Crippen molar-refractivity contribution in [2.24, 2.45) is 0 Å². The maximum atomic E-state index is 12.4. The van der Waals surface area contributed by atoms with Crippen molar-refractivity contribution in [2.75, 3.05) is 0 Å². The van der Waals surface area contributed by atoms with Crippen LogP contribution in [0.15, 0.2) is 36.4 Å². The minimum absolute atomic E-state index is 0.159. The number of halogens is 2. The van der Waals surface area contributed by atoms with Gasteiger partial charge in [0, 0.05) is 5.56 Å². The molecular formula is C18H15F2NOS. The Balaban J connectivity index is 1.91. The molecular weight excluding hydrogens is 316 g/mol. The van der Waals surface area contributed by atoms with Gasteiger partial charge >= 0.3 is 6.61 Å². The molecule has 0 atom stereocenters. The fraction of sp³-hybridized carbons (Fsp3) is 0.167. The summed E-state index contributed by atoms with van der Waals surface area (Å²) in [6.45, 7) is 1.29. The van der Waals surface area contributed by atoms with Gasteiger partial charge < -0.3 is 4.74 Å². The normalized spacial score (nSPS) is 11.7. The lowest BCUT2D eigenvalue weighted by Crippen LogP contribution is -2.02. The summed E-state index contributed by atoms with van der Waals surface area (Å²) in [4.78, 5) is 4.56. The summed E-state index contributed by atoms with van der Waals surface area (Å²) in [5.74, 6) is 0.159. The number of thiazole rings is 1. The first kappa shape index (κ1) is 15.6. The third-order valence-electron chi connectivity index (χ3n) is 3.56. The number of benzene rings is 2. The Morgan fingerprint density at radius 3 is 2.61 bits per heavy atom. The third-order valence-corrected chi connectivity index (χ3v) is 4.54. The Morgan fingerprint density at radius 1 is 1.09 bits per heavy atom. The molecule has 0 amide bonds. The zero-order valence-electron chi connectivity index (χ0n) is 12.7. The van der Waals surface area contributed by atoms with Gasteiger partial charge in [-0.25, -0.2) is 4.98 Å². The van der Waals surface area contributed by atoms with E-state index in [0.29, 0.717) is 5.56 Å². The minimum Gasteiger partial charge on any atom is -0.434 e. The summed E-state index contributed by atoms with van der Waals surface area (Å²) >= 11 is 1.57. The average Bonchev–Trinajstić information content (AvgIpc) is 2.88. The van der Waals surface area contributed by atoms with Crippen molar-refractivity contribution in [1.29, 1.82) is 0 Å². The second-order valence-electron chi connectivity index (χ2n) is 5.21. The number of ether oxygens (including phenoxy) is 1. The molecule has 118 valence electrons. The molecule has 0 spiro atoms. The van der Waals surface area contributed by atoms with Gasteiger partial charge in [-0.1, -0.05) is 18.2 Å². The van der Waals surface area contributed by atoms with Crippen LogP contribution in [0.5, 0.6) is 5.75 Å². The summed E-state index contributed by atoms with van der Waals surface area (Å²) in [6.07, 6.45) is 3.57. The summed E-state index contributed by atoms with van der Waals surface area (Å²) in [7, 11) is 0. The smallest absolute Gasteiger partial charge is 0.387 e. The molecule has 1 heterocycles. The standard InChI is InChI=1S/C18H15F2NOS/c1-11-9-14-16(10-12(11)2)23-17(21-14)8-7-13-5-3-4-6-15(13)22-18(19)20/h3-10,18H,1-2H3. The number of aryl methyl sites for hydroxylation is 2. The molecule has 0 unspecified atom stereocenters. The topological polar surface area (TPSA) is 22.1 Å². The van der Waals surface area contributed by atoms with Gasteiger partial charge in [-0.15, -0.1) is 11.3 Å². The minimum atomic E-state index is -2.84. The van der Waals surface area contributed by atoms with E-state index in [4.69, 9.17) is 0 Å². The molecule has 0 fully saturated rings. The van der Waals surface area contributed by atoms with Crippen LogP contribution < -0.4 is 4.74 Å². The molecule has 5 heteroatoms. The summed E-state index contributed by atoms with van der Waals surface area (Å²) in [5, 5.41) is 0.830. The Hall–Kier alpha value is -2.27. The Bertz CT molecular complexity index is 832. The van der Waals surface area contributed by atoms with Crippen LogP contribution in [-0.4, -0.2) is 11.6 Å². The first-order valence-corrected chi connectivity index (χ1v) is 7.94. The van der Waals surface area contributed by atoms with E-state index in [2.05, 4.69) is 35.7 Å². The van der Waals surface area contributed by atoms with Crippen LogP contribution in [0.25, 0.3) is 22.4 Å². The molecule has 2 nitrogen and oxygen atoms in total. The van der Waals surface area contributed by atoms with Crippen molar-refractivity contribution in [3.8, 4) is 5.75 Å². The molecule has 2 aromatic carbocycles. The monoisotopic (exact) mass is 331 g/mol. The van der Waals surface area contributed by atoms with E-state index in [1.165, 1.54) is 17.2 Å². The SMILES string of the molecule is Cc1cc2nc(C=Cc3ccccc3OC(F)F)sc2cc1C. The molecule has 1 aromatic heterocycles. The van der Waals surface area contributed by atoms with Crippen molar-refractivity contribution in [2.45, 2.75) is 20.5 Å². The van der Waals surface area contributed by atoms with Crippen LogP contribution in [0.2, 0.25) is 0 Å². The van der Waals surface area contributed by atoms with Crippen molar-refractivity contribution in [3.63, 3.8) is 0 Å². The van der Waals surface area contributed by atoms with E-state index in [0.717, 1.165) is 15.2 Å². The zero-order valence-corrected chi connectivity index (χ0v) is 13.5. The van der Waals surface area contributed by atoms with Crippen LogP contribution in [0.1, 0.15) is 21.7 Å². The molecule has 0 aliphatic carbocycles. The second kappa shape index (κ2) is 6.46. The number of para-hydroxylation sites is 1. The van der Waals surface area contributed by atoms with E-state index in [-0.39, 0.29) is 5.75 Å². The molecule has 0 aliphatic heterocycles. The van der Waals surface area contributed by atoms with Crippen LogP contribution in [-0.2, 0) is 0 Å². The molecule has 0 saturated heterocycles. The largest absolute Gasteiger partial charge is 0.434 e. The lowest BCUT2D eigenvalue weighted by molar-refractivity contribution is -0.0499.